The molecule has 2 aromatic rings. The molecule has 16 heteroatoms. The van der Waals surface area contributed by atoms with Crippen LogP contribution in [-0.4, -0.2) is 151 Å². The zero-order valence-electron chi connectivity index (χ0n) is 61.3. The molecule has 0 bridgehead atoms. The summed E-state index contributed by atoms with van der Waals surface area (Å²) in [6.45, 7) is 59.6. The van der Waals surface area contributed by atoms with Gasteiger partial charge in [0.05, 0.1) is 0 Å². The first kappa shape index (κ1) is 73.7. The number of rotatable bonds is 35. The molecule has 0 atom stereocenters. The summed E-state index contributed by atoms with van der Waals surface area (Å²) >= 11 is 0. The second-order valence-electron chi connectivity index (χ2n) is 33.6. The first-order valence-corrected chi connectivity index (χ1v) is 36.4. The van der Waals surface area contributed by atoms with Crippen molar-refractivity contribution in [1.82, 2.24) is 51.2 Å². The van der Waals surface area contributed by atoms with Gasteiger partial charge in [-0.25, -0.2) is 0 Å². The Morgan fingerprint density at radius 3 is 0.614 bits per heavy atom. The van der Waals surface area contributed by atoms with E-state index in [-0.39, 0.29) is 56.4 Å². The molecule has 88 heavy (non-hydrogen) atoms. The van der Waals surface area contributed by atoms with Gasteiger partial charge in [-0.1, -0.05) is 92.9 Å². The Morgan fingerprint density at radius 2 is 0.420 bits per heavy atom. The molecule has 16 nitrogen and oxygen atoms in total. The fourth-order valence-corrected chi connectivity index (χ4v) is 16.8. The lowest BCUT2D eigenvalue weighted by Crippen LogP contribution is -2.63. The summed E-state index contributed by atoms with van der Waals surface area (Å²) in [5, 5.41) is 16.0. The maximum Gasteiger partial charge on any atom is 0.232 e. The molecular formula is C72H138N16. The smallest absolute Gasteiger partial charge is 0.232 e. The number of piperidine rings is 4. The largest absolute Gasteiger partial charge is 0.341 e. The van der Waals surface area contributed by atoms with Crippen LogP contribution in [0.3, 0.4) is 0 Å². The van der Waals surface area contributed by atoms with Crippen LogP contribution in [0.2, 0.25) is 0 Å². The summed E-state index contributed by atoms with van der Waals surface area (Å²) in [5.74, 6) is 5.19. The molecule has 0 unspecified atom stereocenters. The van der Waals surface area contributed by atoms with Crippen molar-refractivity contribution in [1.29, 1.82) is 0 Å². The summed E-state index contributed by atoms with van der Waals surface area (Å²) in [4.78, 5) is 49.7. The number of hydrogen-bond donors (Lipinski definition) is 4. The third-order valence-corrected chi connectivity index (χ3v) is 19.4. The summed E-state index contributed by atoms with van der Waals surface area (Å²) in [6, 6.07) is 1.13. The van der Waals surface area contributed by atoms with Gasteiger partial charge >= 0.3 is 0 Å². The van der Waals surface area contributed by atoms with Crippen molar-refractivity contribution in [2.75, 3.05) is 81.8 Å². The molecule has 4 N–H and O–H groups in total. The van der Waals surface area contributed by atoms with E-state index in [1.165, 1.54) is 0 Å². The Labute approximate surface area is 541 Å². The molecule has 6 heterocycles. The van der Waals surface area contributed by atoms with Crippen LogP contribution in [0.1, 0.15) is 306 Å². The van der Waals surface area contributed by atoms with E-state index in [1.807, 2.05) is 0 Å². The number of aromatic nitrogens is 6. The van der Waals surface area contributed by atoms with Gasteiger partial charge in [-0.2, -0.15) is 29.9 Å². The third-order valence-electron chi connectivity index (χ3n) is 19.4. The van der Waals surface area contributed by atoms with E-state index in [0.717, 1.165) is 242 Å². The lowest BCUT2D eigenvalue weighted by molar-refractivity contribution is 0.156. The van der Waals surface area contributed by atoms with Gasteiger partial charge in [-0.3, -0.25) is 0 Å². The van der Waals surface area contributed by atoms with E-state index in [1.54, 1.807) is 0 Å². The van der Waals surface area contributed by atoms with Gasteiger partial charge in [-0.15, -0.1) is 0 Å². The zero-order chi connectivity index (χ0) is 64.9. The molecule has 0 amide bonds. The second-order valence-corrected chi connectivity index (χ2v) is 33.6. The summed E-state index contributed by atoms with van der Waals surface area (Å²) < 4.78 is 0. The molecule has 0 aliphatic carbocycles. The Bertz CT molecular complexity index is 2150. The molecule has 2 aromatic heterocycles. The Hall–Kier alpha value is -3.34. The van der Waals surface area contributed by atoms with Crippen LogP contribution in [0.15, 0.2) is 0 Å². The van der Waals surface area contributed by atoms with Gasteiger partial charge in [0.1, 0.15) is 0 Å². The van der Waals surface area contributed by atoms with E-state index < -0.39 is 0 Å². The molecule has 0 radical (unpaired) electrons. The molecule has 506 valence electrons. The SMILES string of the molecule is CCCCN(CCCC)c1nc(N(CCCC)C2CC(C)(C)NC(C)(C)C2)nc(N(CCCCCCN(c2nc(N(CCCC)CCCC)nc(N(CCCC)C3CC(C)(C)NC(C)(C)C3)n2)C2CC(C)(C)NC(C)(C)C2)C2CC(C)(C)NC(C)(C)C2)n1. The average molecular weight is 1230 g/mol. The van der Waals surface area contributed by atoms with Crippen LogP contribution < -0.4 is 50.7 Å². The highest BCUT2D eigenvalue weighted by Crippen LogP contribution is 2.40. The van der Waals surface area contributed by atoms with Crippen molar-refractivity contribution < 1.29 is 0 Å². The van der Waals surface area contributed by atoms with E-state index in [0.29, 0.717) is 12.1 Å². The lowest BCUT2D eigenvalue weighted by Gasteiger charge is -2.50. The second kappa shape index (κ2) is 31.5. The quantitative estimate of drug-likeness (QED) is 0.0485. The summed E-state index contributed by atoms with van der Waals surface area (Å²) in [5.41, 5.74) is -0.269. The predicted molar refractivity (Wildman–Crippen MR) is 379 cm³/mol. The molecule has 4 saturated heterocycles. The van der Waals surface area contributed by atoms with Crippen molar-refractivity contribution in [3.8, 4) is 0 Å². The number of hydrogen-bond acceptors (Lipinski definition) is 16. The topological polar surface area (TPSA) is 145 Å². The van der Waals surface area contributed by atoms with Crippen molar-refractivity contribution in [3.63, 3.8) is 0 Å². The fourth-order valence-electron chi connectivity index (χ4n) is 16.8. The van der Waals surface area contributed by atoms with Gasteiger partial charge in [0, 0.05) is 121 Å². The molecule has 6 rings (SSSR count). The van der Waals surface area contributed by atoms with Gasteiger partial charge < -0.3 is 50.7 Å². The van der Waals surface area contributed by atoms with Gasteiger partial charge in [0.25, 0.3) is 0 Å². The molecule has 4 aliphatic rings. The molecular weight excluding hydrogens is 1090 g/mol. The van der Waals surface area contributed by atoms with Gasteiger partial charge in [-0.05, 0) is 214 Å². The van der Waals surface area contributed by atoms with E-state index in [4.69, 9.17) is 29.9 Å². The van der Waals surface area contributed by atoms with E-state index >= 15 is 0 Å². The minimum Gasteiger partial charge on any atom is -0.341 e. The van der Waals surface area contributed by atoms with Crippen LogP contribution in [-0.2, 0) is 0 Å². The highest BCUT2D eigenvalue weighted by atomic mass is 15.4. The first-order valence-electron chi connectivity index (χ1n) is 36.4. The number of unbranched alkanes of at least 4 members (excludes halogenated alkanes) is 9. The predicted octanol–water partition coefficient (Wildman–Crippen LogP) is 15.2. The number of anilines is 6. The Balaban J connectivity index is 1.41. The highest BCUT2D eigenvalue weighted by molar-refractivity contribution is 5.50. The van der Waals surface area contributed by atoms with Gasteiger partial charge in [0.15, 0.2) is 0 Å². The van der Waals surface area contributed by atoms with Crippen molar-refractivity contribution >= 4 is 35.7 Å². The fraction of sp³-hybridized carbons (Fsp3) is 0.917. The zero-order valence-corrected chi connectivity index (χ0v) is 61.3. The maximum absolute atomic E-state index is 5.77. The van der Waals surface area contributed by atoms with E-state index in [2.05, 4.69) is 203 Å². The molecule has 0 aromatic carbocycles. The minimum atomic E-state index is -0.0517. The maximum atomic E-state index is 5.77. The number of nitrogens with zero attached hydrogens (tertiary/aromatic N) is 12. The normalized spacial score (nSPS) is 21.5. The minimum absolute atomic E-state index is 0.0156. The van der Waals surface area contributed by atoms with E-state index in [9.17, 15) is 0 Å². The monoisotopic (exact) mass is 1230 g/mol. The summed E-state index contributed by atoms with van der Waals surface area (Å²) in [7, 11) is 0. The number of nitrogens with one attached hydrogen (secondary N) is 4. The molecule has 0 saturated carbocycles. The summed E-state index contributed by atoms with van der Waals surface area (Å²) in [6.07, 6.45) is 26.0. The molecule has 4 aliphatic heterocycles. The Morgan fingerprint density at radius 1 is 0.250 bits per heavy atom. The standard InChI is InChI=1S/C72H138N16/c1-23-29-39-83(40-30-24-2)59-73-61(85(43-33-27-5)55-47-65(7,8)79-66(9,10)48-55)77-63(75-59)87(57-51-69(15,16)81-70(17,18)52-57)45-37-35-36-38-46-88(58-53-71(19,20)82-72(21,22)54-58)64-76-60(84(41-31-25-3)42-32-26-4)74-62(78-64)86(44-34-28-6)56-49-67(11,12)80-68(13,14)50-56/h55-58,79-82H,23-54H2,1-22H3. The average Bonchev–Trinajstić information content (AvgIpc) is 1.94. The van der Waals surface area contributed by atoms with Crippen LogP contribution in [0, 0.1) is 0 Å². The molecule has 0 spiro atoms. The van der Waals surface area contributed by atoms with Crippen LogP contribution in [0.25, 0.3) is 0 Å². The first-order chi connectivity index (χ1) is 41.2. The van der Waals surface area contributed by atoms with Crippen LogP contribution in [0.4, 0.5) is 35.7 Å². The van der Waals surface area contributed by atoms with Crippen LogP contribution >= 0.6 is 0 Å². The van der Waals surface area contributed by atoms with Crippen molar-refractivity contribution in [3.05, 3.63) is 0 Å². The third kappa shape index (κ3) is 22.2. The lowest BCUT2D eigenvalue weighted by atomic mass is 9.79. The highest BCUT2D eigenvalue weighted by Gasteiger charge is 2.46. The van der Waals surface area contributed by atoms with Crippen LogP contribution in [0.5, 0.6) is 0 Å². The van der Waals surface area contributed by atoms with Crippen molar-refractivity contribution in [2.45, 2.75) is 375 Å². The molecule has 4 fully saturated rings. The Kier molecular flexibility index (Phi) is 26.4. The van der Waals surface area contributed by atoms with Gasteiger partial charge in [0.2, 0.25) is 35.7 Å². The van der Waals surface area contributed by atoms with Crippen molar-refractivity contribution in [2.24, 2.45) is 0 Å².